The number of aliphatic hydroxyl groups excluding tert-OH is 1. The number of aromatic nitrogens is 2. The van der Waals surface area contributed by atoms with E-state index in [-0.39, 0.29) is 17.1 Å². The number of Topliss-reactive ketones (excluding diaryl/α,β-unsaturated/α-hetero) is 1. The van der Waals surface area contributed by atoms with Gasteiger partial charge < -0.3 is 19.6 Å². The van der Waals surface area contributed by atoms with Gasteiger partial charge in [0.1, 0.15) is 17.3 Å². The normalized spacial score (nSPS) is 17.0. The summed E-state index contributed by atoms with van der Waals surface area (Å²) >= 11 is 6.19. The number of hydrogen-bond donors (Lipinski definition) is 2. The Kier molecular flexibility index (Phi) is 6.13. The maximum Gasteiger partial charge on any atom is 0.302 e. The van der Waals surface area contributed by atoms with Gasteiger partial charge in [0.2, 0.25) is 5.95 Å². The van der Waals surface area contributed by atoms with Crippen molar-refractivity contribution in [1.29, 1.82) is 0 Å². The van der Waals surface area contributed by atoms with E-state index in [1.165, 1.54) is 18.1 Å². The number of aromatic amines is 1. The van der Waals surface area contributed by atoms with Gasteiger partial charge in [-0.3, -0.25) is 14.5 Å². The van der Waals surface area contributed by atoms with Crippen LogP contribution in [0.25, 0.3) is 16.8 Å². The molecule has 1 aliphatic heterocycles. The molecule has 1 aromatic heterocycles. The molecule has 3 aromatic carbocycles. The summed E-state index contributed by atoms with van der Waals surface area (Å²) in [5, 5.41) is 11.8. The molecule has 2 heterocycles. The van der Waals surface area contributed by atoms with E-state index in [9.17, 15) is 14.7 Å². The summed E-state index contributed by atoms with van der Waals surface area (Å²) in [7, 11) is 2.99. The van der Waals surface area contributed by atoms with Gasteiger partial charge in [0.05, 0.1) is 42.4 Å². The fraction of sp³-hybridized carbons (Fsp3) is 0.179. The number of aliphatic hydroxyl groups is 1. The van der Waals surface area contributed by atoms with Crippen molar-refractivity contribution in [2.45, 2.75) is 19.9 Å². The third-order valence-corrected chi connectivity index (χ3v) is 6.84. The van der Waals surface area contributed by atoms with E-state index in [2.05, 4.69) is 9.97 Å². The lowest BCUT2D eigenvalue weighted by Gasteiger charge is -2.23. The van der Waals surface area contributed by atoms with Crippen LogP contribution in [0.3, 0.4) is 0 Å². The fourth-order valence-electron chi connectivity index (χ4n) is 4.53. The topological polar surface area (TPSA) is 105 Å². The number of fused-ring (bicyclic) bond motifs is 1. The Bertz CT molecular complexity index is 1550. The molecule has 0 spiro atoms. The van der Waals surface area contributed by atoms with Gasteiger partial charge in [-0.1, -0.05) is 23.7 Å². The molecule has 188 valence electrons. The van der Waals surface area contributed by atoms with Gasteiger partial charge in [-0.25, -0.2) is 4.98 Å². The largest absolute Gasteiger partial charge is 0.507 e. The van der Waals surface area contributed by atoms with Crippen molar-refractivity contribution in [2.75, 3.05) is 19.1 Å². The van der Waals surface area contributed by atoms with Crippen LogP contribution in [-0.2, 0) is 9.59 Å². The summed E-state index contributed by atoms with van der Waals surface area (Å²) in [5.74, 6) is -0.976. The van der Waals surface area contributed by atoms with Crippen LogP contribution in [0.15, 0.2) is 60.2 Å². The van der Waals surface area contributed by atoms with Crippen LogP contribution < -0.4 is 14.4 Å². The molecule has 1 fully saturated rings. The van der Waals surface area contributed by atoms with E-state index >= 15 is 0 Å². The first-order valence-electron chi connectivity index (χ1n) is 11.5. The van der Waals surface area contributed by atoms with Gasteiger partial charge in [0.25, 0.3) is 5.78 Å². The highest BCUT2D eigenvalue weighted by Gasteiger charge is 2.48. The predicted octanol–water partition coefficient (Wildman–Crippen LogP) is 5.48. The fourth-order valence-corrected chi connectivity index (χ4v) is 4.71. The minimum Gasteiger partial charge on any atom is -0.507 e. The number of carbonyl (C=O) groups excluding carboxylic acids is 2. The van der Waals surface area contributed by atoms with Gasteiger partial charge in [-0.2, -0.15) is 0 Å². The van der Waals surface area contributed by atoms with Crippen LogP contribution in [-0.4, -0.2) is 41.0 Å². The lowest BCUT2D eigenvalue weighted by molar-refractivity contribution is -0.132. The van der Waals surface area contributed by atoms with Crippen LogP contribution >= 0.6 is 11.6 Å². The molecule has 0 aliphatic carbocycles. The van der Waals surface area contributed by atoms with Gasteiger partial charge in [0.15, 0.2) is 0 Å². The van der Waals surface area contributed by atoms with Crippen LogP contribution in [0, 0.1) is 13.8 Å². The first kappa shape index (κ1) is 24.4. The number of methoxy groups -OCH3 is 2. The number of amides is 1. The third-order valence-electron chi connectivity index (χ3n) is 6.61. The van der Waals surface area contributed by atoms with Crippen LogP contribution in [0.1, 0.15) is 28.3 Å². The first-order chi connectivity index (χ1) is 17.7. The molecule has 37 heavy (non-hydrogen) atoms. The Morgan fingerprint density at radius 1 is 1.00 bits per heavy atom. The van der Waals surface area contributed by atoms with Gasteiger partial charge in [-0.05, 0) is 73.0 Å². The quantitative estimate of drug-likeness (QED) is 0.206. The number of anilines is 1. The molecule has 0 radical (unpaired) electrons. The molecule has 8 nitrogen and oxygen atoms in total. The van der Waals surface area contributed by atoms with Crippen molar-refractivity contribution in [3.05, 3.63) is 87.4 Å². The Labute approximate surface area is 218 Å². The van der Waals surface area contributed by atoms with Crippen molar-refractivity contribution in [3.8, 4) is 11.5 Å². The molecule has 0 bridgehead atoms. The minimum atomic E-state index is -0.975. The predicted molar refractivity (Wildman–Crippen MR) is 141 cm³/mol. The molecule has 1 atom stereocenters. The molecule has 2 N–H and O–H groups in total. The average Bonchev–Trinajstić information content (AvgIpc) is 3.41. The zero-order chi connectivity index (χ0) is 26.4. The summed E-state index contributed by atoms with van der Waals surface area (Å²) in [6.45, 7) is 3.96. The molecule has 1 aliphatic rings. The van der Waals surface area contributed by atoms with Crippen molar-refractivity contribution in [1.82, 2.24) is 9.97 Å². The van der Waals surface area contributed by atoms with Crippen LogP contribution in [0.2, 0.25) is 5.02 Å². The van der Waals surface area contributed by atoms with Gasteiger partial charge in [0, 0.05) is 5.02 Å². The summed E-state index contributed by atoms with van der Waals surface area (Å²) in [6, 6.07) is 14.5. The maximum absolute atomic E-state index is 13.5. The lowest BCUT2D eigenvalue weighted by Crippen LogP contribution is -2.30. The highest BCUT2D eigenvalue weighted by Crippen LogP contribution is 2.43. The molecular formula is C28H24ClN3O5. The molecule has 9 heteroatoms. The Balaban J connectivity index is 1.75. The van der Waals surface area contributed by atoms with Crippen LogP contribution in [0.4, 0.5) is 5.95 Å². The number of nitrogens with zero attached hydrogens (tertiary/aromatic N) is 2. The third kappa shape index (κ3) is 4.09. The highest BCUT2D eigenvalue weighted by molar-refractivity contribution is 6.51. The van der Waals surface area contributed by atoms with E-state index in [1.807, 2.05) is 26.0 Å². The van der Waals surface area contributed by atoms with E-state index in [0.717, 1.165) is 16.6 Å². The van der Waals surface area contributed by atoms with Gasteiger partial charge in [-0.15, -0.1) is 0 Å². The van der Waals surface area contributed by atoms with E-state index in [0.29, 0.717) is 27.6 Å². The maximum atomic E-state index is 13.5. The van der Waals surface area contributed by atoms with E-state index < -0.39 is 23.5 Å². The van der Waals surface area contributed by atoms with Crippen molar-refractivity contribution < 1.29 is 24.2 Å². The zero-order valence-corrected chi connectivity index (χ0v) is 21.4. The van der Waals surface area contributed by atoms with Crippen molar-refractivity contribution in [3.63, 3.8) is 0 Å². The number of imidazole rings is 1. The zero-order valence-electron chi connectivity index (χ0n) is 20.6. The lowest BCUT2D eigenvalue weighted by atomic mass is 9.95. The SMILES string of the molecule is COc1ccc(C2/C(=C(\O)c3cc(Cl)ccc3OC)C(=O)C(=O)N2c2nc3cc(C)c(C)cc3[nH]2)cc1. The molecule has 1 saturated heterocycles. The summed E-state index contributed by atoms with van der Waals surface area (Å²) in [4.78, 5) is 36.0. The molecule has 0 saturated carbocycles. The van der Waals surface area contributed by atoms with Gasteiger partial charge >= 0.3 is 5.91 Å². The monoisotopic (exact) mass is 517 g/mol. The molecular weight excluding hydrogens is 494 g/mol. The second-order valence-corrected chi connectivity index (χ2v) is 9.24. The molecule has 1 unspecified atom stereocenters. The Morgan fingerprint density at radius 2 is 1.70 bits per heavy atom. The number of ether oxygens (including phenoxy) is 2. The van der Waals surface area contributed by atoms with E-state index in [1.54, 1.807) is 43.5 Å². The molecule has 4 aromatic rings. The number of benzene rings is 3. The highest BCUT2D eigenvalue weighted by atomic mass is 35.5. The second kappa shape index (κ2) is 9.29. The number of ketones is 1. The summed E-state index contributed by atoms with van der Waals surface area (Å²) in [6.07, 6.45) is 0. The number of hydrogen-bond acceptors (Lipinski definition) is 6. The van der Waals surface area contributed by atoms with Crippen molar-refractivity contribution >= 4 is 46.0 Å². The number of aryl methyl sites for hydroxylation is 2. The smallest absolute Gasteiger partial charge is 0.302 e. The second-order valence-electron chi connectivity index (χ2n) is 8.80. The summed E-state index contributed by atoms with van der Waals surface area (Å²) in [5.41, 5.74) is 4.16. The number of H-pyrrole nitrogens is 1. The van der Waals surface area contributed by atoms with Crippen molar-refractivity contribution in [2.24, 2.45) is 0 Å². The average molecular weight is 518 g/mol. The van der Waals surface area contributed by atoms with Crippen LogP contribution in [0.5, 0.6) is 11.5 Å². The molecule has 1 amide bonds. The summed E-state index contributed by atoms with van der Waals surface area (Å²) < 4.78 is 10.7. The number of halogens is 1. The minimum absolute atomic E-state index is 0.108. The number of carbonyl (C=O) groups is 2. The standard InChI is InChI=1S/C28H24ClN3O5/c1-14-11-20-21(12-15(14)2)31-28(30-20)32-24(16-5-8-18(36-3)9-6-16)23(26(34)27(32)35)25(33)19-13-17(29)7-10-22(19)37-4/h5-13,24,33H,1-4H3,(H,30,31)/b25-23+. The number of rotatable bonds is 5. The molecule has 5 rings (SSSR count). The van der Waals surface area contributed by atoms with E-state index in [4.69, 9.17) is 21.1 Å². The Morgan fingerprint density at radius 3 is 2.38 bits per heavy atom. The first-order valence-corrected chi connectivity index (χ1v) is 11.9. The Hall–Kier alpha value is -4.30. The number of nitrogens with one attached hydrogen (secondary N) is 1.